The van der Waals surface area contributed by atoms with Gasteiger partial charge >= 0.3 is 5.97 Å². The molecule has 0 saturated carbocycles. The van der Waals surface area contributed by atoms with E-state index in [0.717, 1.165) is 5.52 Å². The van der Waals surface area contributed by atoms with E-state index in [9.17, 15) is 4.79 Å². The van der Waals surface area contributed by atoms with Crippen LogP contribution < -0.4 is 4.74 Å². The fourth-order valence-electron chi connectivity index (χ4n) is 1.87. The molecular formula is C15H10BrNO3. The van der Waals surface area contributed by atoms with Gasteiger partial charge in [-0.25, -0.2) is 9.78 Å². The Morgan fingerprint density at radius 1 is 1.25 bits per heavy atom. The number of oxazole rings is 1. The number of esters is 1. The molecule has 20 heavy (non-hydrogen) atoms. The van der Waals surface area contributed by atoms with Gasteiger partial charge in [0.05, 0.1) is 5.56 Å². The van der Waals surface area contributed by atoms with Gasteiger partial charge in [-0.05, 0) is 40.2 Å². The molecule has 0 bridgehead atoms. The first kappa shape index (κ1) is 12.9. The zero-order valence-corrected chi connectivity index (χ0v) is 12.2. The van der Waals surface area contributed by atoms with Gasteiger partial charge in [0.1, 0.15) is 11.3 Å². The van der Waals surface area contributed by atoms with Crippen LogP contribution in [0.4, 0.5) is 0 Å². The van der Waals surface area contributed by atoms with Crippen LogP contribution in [0.25, 0.3) is 11.1 Å². The molecule has 0 aliphatic rings. The average Bonchev–Trinajstić information content (AvgIpc) is 2.78. The van der Waals surface area contributed by atoms with Crippen molar-refractivity contribution in [2.75, 3.05) is 0 Å². The van der Waals surface area contributed by atoms with E-state index >= 15 is 0 Å². The third kappa shape index (κ3) is 2.44. The van der Waals surface area contributed by atoms with Gasteiger partial charge in [0.15, 0.2) is 11.5 Å². The molecule has 0 spiro atoms. The molecular weight excluding hydrogens is 322 g/mol. The molecule has 0 N–H and O–H groups in total. The minimum Gasteiger partial charge on any atom is -0.441 e. The number of rotatable bonds is 2. The first-order chi connectivity index (χ1) is 9.63. The van der Waals surface area contributed by atoms with Crippen molar-refractivity contribution in [2.45, 2.75) is 6.92 Å². The fraction of sp³-hybridized carbons (Fsp3) is 0.0667. The Hall–Kier alpha value is -2.14. The Balaban J connectivity index is 1.89. The van der Waals surface area contributed by atoms with Crippen molar-refractivity contribution in [1.82, 2.24) is 4.98 Å². The van der Waals surface area contributed by atoms with Crippen LogP contribution in [0.2, 0.25) is 0 Å². The maximum Gasteiger partial charge on any atom is 0.344 e. The van der Waals surface area contributed by atoms with Crippen molar-refractivity contribution >= 4 is 33.0 Å². The molecule has 5 heteroatoms. The number of carbonyl (C=O) groups excluding carboxylic acids is 1. The van der Waals surface area contributed by atoms with Crippen molar-refractivity contribution in [2.24, 2.45) is 0 Å². The van der Waals surface area contributed by atoms with Gasteiger partial charge in [-0.3, -0.25) is 0 Å². The van der Waals surface area contributed by atoms with Crippen molar-refractivity contribution < 1.29 is 13.9 Å². The molecule has 1 aromatic heterocycles. The first-order valence-corrected chi connectivity index (χ1v) is 6.77. The third-order valence-corrected chi connectivity index (χ3v) is 3.46. The van der Waals surface area contributed by atoms with Crippen molar-refractivity contribution in [3.8, 4) is 5.75 Å². The molecule has 0 unspecified atom stereocenters. The smallest absolute Gasteiger partial charge is 0.344 e. The van der Waals surface area contributed by atoms with Gasteiger partial charge in [0, 0.05) is 17.5 Å². The van der Waals surface area contributed by atoms with Crippen LogP contribution in [0.15, 0.2) is 51.4 Å². The number of benzene rings is 2. The second kappa shape index (κ2) is 5.09. The van der Waals surface area contributed by atoms with Crippen LogP contribution in [0.5, 0.6) is 5.75 Å². The van der Waals surface area contributed by atoms with E-state index in [4.69, 9.17) is 9.15 Å². The Kier molecular flexibility index (Phi) is 3.28. The number of nitrogens with zero attached hydrogens (tertiary/aromatic N) is 1. The second-order valence-corrected chi connectivity index (χ2v) is 5.09. The monoisotopic (exact) mass is 331 g/mol. The highest BCUT2D eigenvalue weighted by atomic mass is 79.9. The standard InChI is InChI=1S/C15H10BrNO3/c1-9-17-13-7-6-10(8-14(13)19-9)20-15(18)11-4-2-3-5-12(11)16/h2-8H,1H3. The van der Waals surface area contributed by atoms with Crippen molar-refractivity contribution in [3.05, 3.63) is 58.4 Å². The first-order valence-electron chi connectivity index (χ1n) is 5.97. The molecule has 0 radical (unpaired) electrons. The highest BCUT2D eigenvalue weighted by molar-refractivity contribution is 9.10. The Morgan fingerprint density at radius 3 is 2.85 bits per heavy atom. The number of hydrogen-bond acceptors (Lipinski definition) is 4. The van der Waals surface area contributed by atoms with Crippen LogP contribution in [0.1, 0.15) is 16.2 Å². The average molecular weight is 332 g/mol. The lowest BCUT2D eigenvalue weighted by Crippen LogP contribution is -2.08. The van der Waals surface area contributed by atoms with E-state index in [1.165, 1.54) is 0 Å². The molecule has 0 aliphatic carbocycles. The lowest BCUT2D eigenvalue weighted by atomic mass is 10.2. The number of aryl methyl sites for hydroxylation is 1. The molecule has 0 atom stereocenters. The summed E-state index contributed by atoms with van der Waals surface area (Å²) in [5.74, 6) is 0.580. The quantitative estimate of drug-likeness (QED) is 0.523. The molecule has 0 saturated heterocycles. The van der Waals surface area contributed by atoms with Gasteiger partial charge in [-0.15, -0.1) is 0 Å². The van der Waals surface area contributed by atoms with Crippen LogP contribution in [0.3, 0.4) is 0 Å². The Bertz CT molecular complexity index is 795. The van der Waals surface area contributed by atoms with Crippen molar-refractivity contribution in [1.29, 1.82) is 0 Å². The molecule has 0 amide bonds. The highest BCUT2D eigenvalue weighted by Crippen LogP contribution is 2.23. The summed E-state index contributed by atoms with van der Waals surface area (Å²) in [6.45, 7) is 1.77. The summed E-state index contributed by atoms with van der Waals surface area (Å²) in [7, 11) is 0. The molecule has 1 heterocycles. The van der Waals surface area contributed by atoms with E-state index in [1.807, 2.05) is 6.07 Å². The van der Waals surface area contributed by atoms with Gasteiger partial charge in [-0.1, -0.05) is 12.1 Å². The van der Waals surface area contributed by atoms with Gasteiger partial charge in [0.25, 0.3) is 0 Å². The minimum atomic E-state index is -0.423. The Labute approximate surface area is 123 Å². The lowest BCUT2D eigenvalue weighted by molar-refractivity contribution is 0.0734. The molecule has 2 aromatic carbocycles. The van der Waals surface area contributed by atoms with Crippen LogP contribution >= 0.6 is 15.9 Å². The van der Waals surface area contributed by atoms with Gasteiger partial charge < -0.3 is 9.15 Å². The molecule has 3 rings (SSSR count). The highest BCUT2D eigenvalue weighted by Gasteiger charge is 2.13. The summed E-state index contributed by atoms with van der Waals surface area (Å²) in [5, 5.41) is 0. The predicted molar refractivity (Wildman–Crippen MR) is 77.8 cm³/mol. The maximum absolute atomic E-state index is 12.1. The molecule has 3 aromatic rings. The maximum atomic E-state index is 12.1. The van der Waals surface area contributed by atoms with Crippen molar-refractivity contribution in [3.63, 3.8) is 0 Å². The zero-order valence-electron chi connectivity index (χ0n) is 10.6. The van der Waals surface area contributed by atoms with Crippen LogP contribution in [0, 0.1) is 6.92 Å². The van der Waals surface area contributed by atoms with Crippen LogP contribution in [-0.4, -0.2) is 11.0 Å². The number of ether oxygens (including phenoxy) is 1. The lowest BCUT2D eigenvalue weighted by Gasteiger charge is -2.05. The van der Waals surface area contributed by atoms with Gasteiger partial charge in [0.2, 0.25) is 0 Å². The Morgan fingerprint density at radius 2 is 2.05 bits per heavy atom. The summed E-state index contributed by atoms with van der Waals surface area (Å²) in [6.07, 6.45) is 0. The van der Waals surface area contributed by atoms with Crippen LogP contribution in [-0.2, 0) is 0 Å². The van der Waals surface area contributed by atoms with E-state index in [0.29, 0.717) is 27.3 Å². The minimum absolute atomic E-state index is 0.423. The normalized spacial score (nSPS) is 10.7. The summed E-state index contributed by atoms with van der Waals surface area (Å²) in [4.78, 5) is 16.3. The molecule has 4 nitrogen and oxygen atoms in total. The number of hydrogen-bond donors (Lipinski definition) is 0. The van der Waals surface area contributed by atoms with E-state index in [2.05, 4.69) is 20.9 Å². The zero-order chi connectivity index (χ0) is 14.1. The SMILES string of the molecule is Cc1nc2ccc(OC(=O)c3ccccc3Br)cc2o1. The fourth-order valence-corrected chi connectivity index (χ4v) is 2.32. The van der Waals surface area contributed by atoms with E-state index in [-0.39, 0.29) is 0 Å². The topological polar surface area (TPSA) is 52.3 Å². The van der Waals surface area contributed by atoms with E-state index in [1.54, 1.807) is 43.3 Å². The predicted octanol–water partition coefficient (Wildman–Crippen LogP) is 4.12. The molecule has 100 valence electrons. The van der Waals surface area contributed by atoms with E-state index < -0.39 is 5.97 Å². The summed E-state index contributed by atoms with van der Waals surface area (Å²) in [6, 6.07) is 12.2. The third-order valence-electron chi connectivity index (χ3n) is 2.77. The second-order valence-electron chi connectivity index (χ2n) is 4.23. The number of halogens is 1. The van der Waals surface area contributed by atoms with Gasteiger partial charge in [-0.2, -0.15) is 0 Å². The number of fused-ring (bicyclic) bond motifs is 1. The molecule has 0 fully saturated rings. The summed E-state index contributed by atoms with van der Waals surface area (Å²) >= 11 is 3.32. The number of aromatic nitrogens is 1. The largest absolute Gasteiger partial charge is 0.441 e. The number of carbonyl (C=O) groups is 1. The summed E-state index contributed by atoms with van der Waals surface area (Å²) < 4.78 is 11.4. The molecule has 0 aliphatic heterocycles. The summed E-state index contributed by atoms with van der Waals surface area (Å²) in [5.41, 5.74) is 1.81.